The fourth-order valence-electron chi connectivity index (χ4n) is 2.00. The van der Waals surface area contributed by atoms with E-state index in [9.17, 15) is 0 Å². The van der Waals surface area contributed by atoms with Gasteiger partial charge in [0, 0.05) is 5.69 Å². The average molecular weight is 314 g/mol. The minimum atomic E-state index is 0.323. The van der Waals surface area contributed by atoms with Gasteiger partial charge < -0.3 is 15.9 Å². The van der Waals surface area contributed by atoms with Crippen molar-refractivity contribution in [2.45, 2.75) is 6.92 Å². The van der Waals surface area contributed by atoms with Crippen molar-refractivity contribution in [2.24, 2.45) is 5.16 Å². The molecule has 1 aromatic carbocycles. The summed E-state index contributed by atoms with van der Waals surface area (Å²) in [4.78, 5) is 17.3. The van der Waals surface area contributed by atoms with Crippen LogP contribution < -0.4 is 11.1 Å². The molecule has 0 radical (unpaired) electrons. The lowest BCUT2D eigenvalue weighted by molar-refractivity contribution is 0.215. The van der Waals surface area contributed by atoms with Crippen LogP contribution in [0.3, 0.4) is 0 Å². The summed E-state index contributed by atoms with van der Waals surface area (Å²) in [5.74, 6) is 0.878. The Hall–Kier alpha value is -2.74. The van der Waals surface area contributed by atoms with Crippen molar-refractivity contribution in [3.8, 4) is 0 Å². The highest BCUT2D eigenvalue weighted by Gasteiger charge is 2.09. The minimum absolute atomic E-state index is 0.323. The second kappa shape index (κ2) is 5.94. The summed E-state index contributed by atoms with van der Waals surface area (Å²) < 4.78 is 1.14. The predicted molar refractivity (Wildman–Crippen MR) is 88.7 cm³/mol. The molecule has 3 aromatic rings. The van der Waals surface area contributed by atoms with Gasteiger partial charge in [-0.3, -0.25) is 0 Å². The number of thiazole rings is 1. The van der Waals surface area contributed by atoms with Crippen molar-refractivity contribution >= 4 is 45.1 Å². The number of nitrogens with two attached hydrogens (primary N) is 1. The van der Waals surface area contributed by atoms with E-state index >= 15 is 0 Å². The van der Waals surface area contributed by atoms with Crippen molar-refractivity contribution in [3.05, 3.63) is 35.1 Å². The van der Waals surface area contributed by atoms with Gasteiger partial charge in [0.2, 0.25) is 0 Å². The molecule has 0 bridgehead atoms. The highest BCUT2D eigenvalue weighted by atomic mass is 32.1. The number of oxime groups is 1. The molecule has 0 atom stereocenters. The molecule has 112 valence electrons. The molecule has 8 heteroatoms. The molecular weight excluding hydrogens is 300 g/mol. The van der Waals surface area contributed by atoms with E-state index in [2.05, 4.69) is 30.3 Å². The van der Waals surface area contributed by atoms with Crippen LogP contribution in [0.2, 0.25) is 0 Å². The molecule has 22 heavy (non-hydrogen) atoms. The number of aromatic nitrogens is 3. The molecule has 3 N–H and O–H groups in total. The largest absolute Gasteiger partial charge is 0.399 e. The number of rotatable bonds is 4. The van der Waals surface area contributed by atoms with Gasteiger partial charge in [-0.2, -0.15) is 0 Å². The second-order valence-electron chi connectivity index (χ2n) is 4.48. The van der Waals surface area contributed by atoms with Crippen LogP contribution in [0.1, 0.15) is 10.6 Å². The molecule has 0 amide bonds. The number of hydrogen-bond acceptors (Lipinski definition) is 8. The Bertz CT molecular complexity index is 844. The zero-order chi connectivity index (χ0) is 15.5. The number of fused-ring (bicyclic) bond motifs is 1. The first kappa shape index (κ1) is 14.2. The third kappa shape index (κ3) is 2.82. The fraction of sp³-hybridized carbons (Fsp3) is 0.143. The molecule has 2 heterocycles. The first-order valence-corrected chi connectivity index (χ1v) is 7.30. The van der Waals surface area contributed by atoms with Gasteiger partial charge in [0.05, 0.1) is 27.0 Å². The number of anilines is 3. The van der Waals surface area contributed by atoms with Crippen molar-refractivity contribution in [3.63, 3.8) is 0 Å². The molecule has 0 aliphatic heterocycles. The monoisotopic (exact) mass is 314 g/mol. The summed E-state index contributed by atoms with van der Waals surface area (Å²) in [6.07, 6.45) is 2.87. The standard InChI is InChI=1S/C14H14N6OS/c1-8-19-11-5-9(3-4-12(11)22-8)20-14-10(6-18-21-2)13(15)16-7-17-14/h3-7H,1-2H3,(H3,15,16,17,20)/b18-6+. The van der Waals surface area contributed by atoms with Crippen molar-refractivity contribution in [1.82, 2.24) is 15.0 Å². The van der Waals surface area contributed by atoms with Gasteiger partial charge >= 0.3 is 0 Å². The fourth-order valence-corrected chi connectivity index (χ4v) is 2.81. The quantitative estimate of drug-likeness (QED) is 0.567. The average Bonchev–Trinajstić information content (AvgIpc) is 2.86. The lowest BCUT2D eigenvalue weighted by Gasteiger charge is -2.09. The Labute approximate surface area is 130 Å². The Morgan fingerprint density at radius 1 is 1.36 bits per heavy atom. The highest BCUT2D eigenvalue weighted by Crippen LogP contribution is 2.27. The molecule has 0 saturated heterocycles. The molecule has 0 spiro atoms. The lowest BCUT2D eigenvalue weighted by Crippen LogP contribution is -2.05. The minimum Gasteiger partial charge on any atom is -0.399 e. The van der Waals surface area contributed by atoms with Gasteiger partial charge in [-0.05, 0) is 25.1 Å². The molecule has 0 unspecified atom stereocenters. The summed E-state index contributed by atoms with van der Waals surface area (Å²) in [7, 11) is 1.46. The number of aryl methyl sites for hydroxylation is 1. The van der Waals surface area contributed by atoms with E-state index in [-0.39, 0.29) is 0 Å². The summed E-state index contributed by atoms with van der Waals surface area (Å²) in [6.45, 7) is 1.99. The van der Waals surface area contributed by atoms with Gasteiger partial charge in [-0.15, -0.1) is 11.3 Å². The van der Waals surface area contributed by atoms with Crippen LogP contribution in [0.5, 0.6) is 0 Å². The molecule has 0 aliphatic rings. The molecule has 7 nitrogen and oxygen atoms in total. The van der Waals surface area contributed by atoms with Crippen LogP contribution in [0.15, 0.2) is 29.7 Å². The summed E-state index contributed by atoms with van der Waals surface area (Å²) >= 11 is 1.66. The van der Waals surface area contributed by atoms with Crippen LogP contribution in [-0.2, 0) is 4.84 Å². The SMILES string of the molecule is CO/N=C/c1c(N)ncnc1Nc1ccc2sc(C)nc2c1. The van der Waals surface area contributed by atoms with Crippen LogP contribution in [0, 0.1) is 6.92 Å². The highest BCUT2D eigenvalue weighted by molar-refractivity contribution is 7.18. The molecule has 0 saturated carbocycles. The molecule has 0 aliphatic carbocycles. The smallest absolute Gasteiger partial charge is 0.144 e. The maximum atomic E-state index is 5.86. The van der Waals surface area contributed by atoms with E-state index in [1.807, 2.05) is 25.1 Å². The van der Waals surface area contributed by atoms with E-state index in [0.29, 0.717) is 17.2 Å². The third-order valence-electron chi connectivity index (χ3n) is 2.96. The molecule has 0 fully saturated rings. The van der Waals surface area contributed by atoms with E-state index < -0.39 is 0 Å². The summed E-state index contributed by atoms with van der Waals surface area (Å²) in [6, 6.07) is 5.96. The van der Waals surface area contributed by atoms with Gasteiger partial charge in [-0.1, -0.05) is 5.16 Å². The zero-order valence-corrected chi connectivity index (χ0v) is 12.9. The zero-order valence-electron chi connectivity index (χ0n) is 12.1. The van der Waals surface area contributed by atoms with E-state index in [4.69, 9.17) is 5.73 Å². The summed E-state index contributed by atoms with van der Waals surface area (Å²) in [5, 5.41) is 7.97. The third-order valence-corrected chi connectivity index (χ3v) is 3.91. The molecular formula is C14H14N6OS. The topological polar surface area (TPSA) is 98.3 Å². The molecule has 2 aromatic heterocycles. The van der Waals surface area contributed by atoms with Crippen LogP contribution in [-0.4, -0.2) is 28.3 Å². The summed E-state index contributed by atoms with van der Waals surface area (Å²) in [5.41, 5.74) is 8.24. The Morgan fingerprint density at radius 2 is 2.23 bits per heavy atom. The van der Waals surface area contributed by atoms with Gasteiger partial charge in [-0.25, -0.2) is 15.0 Å². The first-order chi connectivity index (χ1) is 10.7. The van der Waals surface area contributed by atoms with E-state index in [0.717, 1.165) is 20.9 Å². The Kier molecular flexibility index (Phi) is 3.84. The van der Waals surface area contributed by atoms with E-state index in [1.165, 1.54) is 19.7 Å². The second-order valence-corrected chi connectivity index (χ2v) is 5.71. The lowest BCUT2D eigenvalue weighted by atomic mass is 10.2. The maximum Gasteiger partial charge on any atom is 0.144 e. The normalized spacial score (nSPS) is 11.2. The van der Waals surface area contributed by atoms with E-state index in [1.54, 1.807) is 11.3 Å². The Morgan fingerprint density at radius 3 is 3.05 bits per heavy atom. The van der Waals surface area contributed by atoms with Gasteiger partial charge in [0.1, 0.15) is 25.1 Å². The number of nitrogens with zero attached hydrogens (tertiary/aromatic N) is 4. The number of hydrogen-bond donors (Lipinski definition) is 2. The predicted octanol–water partition coefficient (Wildman–Crippen LogP) is 2.70. The van der Waals surface area contributed by atoms with Crippen molar-refractivity contribution in [1.29, 1.82) is 0 Å². The van der Waals surface area contributed by atoms with Crippen molar-refractivity contribution < 1.29 is 4.84 Å². The maximum absolute atomic E-state index is 5.86. The van der Waals surface area contributed by atoms with Crippen molar-refractivity contribution in [2.75, 3.05) is 18.2 Å². The van der Waals surface area contributed by atoms with Crippen LogP contribution in [0.25, 0.3) is 10.2 Å². The number of nitrogens with one attached hydrogen (secondary N) is 1. The van der Waals surface area contributed by atoms with Crippen LogP contribution in [0.4, 0.5) is 17.3 Å². The van der Waals surface area contributed by atoms with Gasteiger partial charge in [0.25, 0.3) is 0 Å². The number of benzene rings is 1. The first-order valence-electron chi connectivity index (χ1n) is 6.48. The Balaban J connectivity index is 1.97. The molecule has 3 rings (SSSR count). The van der Waals surface area contributed by atoms with Crippen LogP contribution >= 0.6 is 11.3 Å². The number of nitrogen functional groups attached to an aromatic ring is 1. The van der Waals surface area contributed by atoms with Gasteiger partial charge in [0.15, 0.2) is 0 Å².